The summed E-state index contributed by atoms with van der Waals surface area (Å²) in [7, 11) is 0. The summed E-state index contributed by atoms with van der Waals surface area (Å²) in [5, 5.41) is 18.6. The number of carbonyl (C=O) groups is 1. The van der Waals surface area contributed by atoms with Gasteiger partial charge in [0.25, 0.3) is 0 Å². The van der Waals surface area contributed by atoms with Crippen molar-refractivity contribution in [1.29, 1.82) is 0 Å². The largest absolute Gasteiger partial charge is 0.504 e. The molecule has 0 aliphatic carbocycles. The predicted octanol–water partition coefficient (Wildman–Crippen LogP) is 4.48. The van der Waals surface area contributed by atoms with E-state index in [0.717, 1.165) is 25.7 Å². The molecular formula is C20H22O3. The number of phenols is 2. The highest BCUT2D eigenvalue weighted by atomic mass is 16.3. The molecule has 2 rings (SSSR count). The molecule has 0 atom stereocenters. The first-order valence-corrected chi connectivity index (χ1v) is 7.92. The molecule has 0 unspecified atom stereocenters. The highest BCUT2D eigenvalue weighted by molar-refractivity contribution is 5.93. The number of hydrogen-bond donors (Lipinski definition) is 2. The molecule has 0 bridgehead atoms. The summed E-state index contributed by atoms with van der Waals surface area (Å²) in [6.45, 7) is 0. The summed E-state index contributed by atoms with van der Waals surface area (Å²) in [4.78, 5) is 11.8. The van der Waals surface area contributed by atoms with Gasteiger partial charge < -0.3 is 10.2 Å². The molecule has 0 aliphatic rings. The standard InChI is InChI=1S/C20H22O3/c21-18(13-11-17-12-14-19(22)20(23)15-17)10-6-2-5-9-16-7-3-1-4-8-16/h1,3-4,7-8,11-15,22-23H,2,5-6,9-10H2/b13-11+. The molecule has 23 heavy (non-hydrogen) atoms. The minimum atomic E-state index is -0.180. The van der Waals surface area contributed by atoms with E-state index in [1.54, 1.807) is 12.1 Å². The third kappa shape index (κ3) is 5.99. The molecule has 0 amide bonds. The van der Waals surface area contributed by atoms with Crippen LogP contribution in [0, 0.1) is 0 Å². The van der Waals surface area contributed by atoms with Crippen LogP contribution in [0.1, 0.15) is 36.8 Å². The smallest absolute Gasteiger partial charge is 0.157 e. The van der Waals surface area contributed by atoms with Crippen LogP contribution in [0.3, 0.4) is 0 Å². The molecule has 2 aromatic carbocycles. The third-order valence-corrected chi connectivity index (χ3v) is 3.69. The van der Waals surface area contributed by atoms with Crippen molar-refractivity contribution >= 4 is 11.9 Å². The van der Waals surface area contributed by atoms with Crippen molar-refractivity contribution in [1.82, 2.24) is 0 Å². The average molecular weight is 310 g/mol. The summed E-state index contributed by atoms with van der Waals surface area (Å²) in [5.41, 5.74) is 2.03. The van der Waals surface area contributed by atoms with Crippen molar-refractivity contribution in [2.45, 2.75) is 32.1 Å². The van der Waals surface area contributed by atoms with Crippen LogP contribution in [0.5, 0.6) is 11.5 Å². The number of aromatic hydroxyl groups is 2. The fourth-order valence-corrected chi connectivity index (χ4v) is 2.37. The maximum absolute atomic E-state index is 11.8. The van der Waals surface area contributed by atoms with Gasteiger partial charge in [-0.25, -0.2) is 0 Å². The van der Waals surface area contributed by atoms with E-state index in [9.17, 15) is 15.0 Å². The van der Waals surface area contributed by atoms with E-state index >= 15 is 0 Å². The van der Waals surface area contributed by atoms with Crippen LogP contribution in [0.25, 0.3) is 6.08 Å². The SMILES string of the molecule is O=C(/C=C/c1ccc(O)c(O)c1)CCCCCc1ccccc1. The highest BCUT2D eigenvalue weighted by Gasteiger charge is 2.00. The second-order valence-corrected chi connectivity index (χ2v) is 5.59. The van der Waals surface area contributed by atoms with E-state index in [-0.39, 0.29) is 17.3 Å². The van der Waals surface area contributed by atoms with Crippen LogP contribution < -0.4 is 0 Å². The Balaban J connectivity index is 1.66. The number of benzene rings is 2. The zero-order chi connectivity index (χ0) is 16.5. The van der Waals surface area contributed by atoms with Crippen LogP contribution in [-0.4, -0.2) is 16.0 Å². The summed E-state index contributed by atoms with van der Waals surface area (Å²) in [5.74, 6) is -0.260. The molecule has 120 valence electrons. The lowest BCUT2D eigenvalue weighted by Crippen LogP contribution is -1.93. The number of hydrogen-bond acceptors (Lipinski definition) is 3. The van der Waals surface area contributed by atoms with Crippen LogP contribution >= 0.6 is 0 Å². The Morgan fingerprint density at radius 2 is 1.70 bits per heavy atom. The molecule has 0 saturated heterocycles. The maximum atomic E-state index is 11.8. The van der Waals surface area contributed by atoms with Crippen LogP contribution in [0.15, 0.2) is 54.6 Å². The lowest BCUT2D eigenvalue weighted by Gasteiger charge is -2.01. The zero-order valence-electron chi connectivity index (χ0n) is 13.1. The van der Waals surface area contributed by atoms with E-state index < -0.39 is 0 Å². The van der Waals surface area contributed by atoms with Gasteiger partial charge in [-0.2, -0.15) is 0 Å². The number of allylic oxidation sites excluding steroid dienone is 1. The van der Waals surface area contributed by atoms with Crippen molar-refractivity contribution in [3.63, 3.8) is 0 Å². The van der Waals surface area contributed by atoms with Gasteiger partial charge in [0.2, 0.25) is 0 Å². The molecule has 3 heteroatoms. The molecule has 0 spiro atoms. The minimum absolute atomic E-state index is 0.0808. The maximum Gasteiger partial charge on any atom is 0.157 e. The second-order valence-electron chi connectivity index (χ2n) is 5.59. The minimum Gasteiger partial charge on any atom is -0.504 e. The molecular weight excluding hydrogens is 288 g/mol. The topological polar surface area (TPSA) is 57.5 Å². The Morgan fingerprint density at radius 1 is 0.913 bits per heavy atom. The van der Waals surface area contributed by atoms with Gasteiger partial charge in [-0.05, 0) is 48.6 Å². The number of aryl methyl sites for hydroxylation is 1. The number of carbonyl (C=O) groups excluding carboxylic acids is 1. The first-order chi connectivity index (χ1) is 11.1. The third-order valence-electron chi connectivity index (χ3n) is 3.69. The van der Waals surface area contributed by atoms with Crippen LogP contribution in [-0.2, 0) is 11.2 Å². The van der Waals surface area contributed by atoms with Crippen molar-refractivity contribution in [2.24, 2.45) is 0 Å². The van der Waals surface area contributed by atoms with Gasteiger partial charge in [-0.15, -0.1) is 0 Å². The molecule has 0 fully saturated rings. The van der Waals surface area contributed by atoms with E-state index in [0.29, 0.717) is 12.0 Å². The zero-order valence-corrected chi connectivity index (χ0v) is 13.1. The van der Waals surface area contributed by atoms with Crippen molar-refractivity contribution in [3.8, 4) is 11.5 Å². The molecule has 0 saturated carbocycles. The van der Waals surface area contributed by atoms with Crippen LogP contribution in [0.4, 0.5) is 0 Å². The predicted molar refractivity (Wildman–Crippen MR) is 92.4 cm³/mol. The fourth-order valence-electron chi connectivity index (χ4n) is 2.37. The number of rotatable bonds is 8. The van der Waals surface area contributed by atoms with Gasteiger partial charge >= 0.3 is 0 Å². The van der Waals surface area contributed by atoms with Gasteiger partial charge in [0, 0.05) is 6.42 Å². The Morgan fingerprint density at radius 3 is 2.43 bits per heavy atom. The molecule has 0 heterocycles. The number of unbranched alkanes of at least 4 members (excludes halogenated alkanes) is 2. The highest BCUT2D eigenvalue weighted by Crippen LogP contribution is 2.25. The lowest BCUT2D eigenvalue weighted by molar-refractivity contribution is -0.114. The van der Waals surface area contributed by atoms with Gasteiger partial charge in [-0.3, -0.25) is 4.79 Å². The normalized spacial score (nSPS) is 11.0. The van der Waals surface area contributed by atoms with Gasteiger partial charge in [0.15, 0.2) is 17.3 Å². The number of ketones is 1. The molecule has 0 radical (unpaired) electrons. The first kappa shape index (κ1) is 16.8. The Bertz CT molecular complexity index is 660. The summed E-state index contributed by atoms with van der Waals surface area (Å²) in [6, 6.07) is 14.8. The first-order valence-electron chi connectivity index (χ1n) is 7.92. The lowest BCUT2D eigenvalue weighted by atomic mass is 10.0. The average Bonchev–Trinajstić information content (AvgIpc) is 2.56. The molecule has 2 N–H and O–H groups in total. The van der Waals surface area contributed by atoms with E-state index in [4.69, 9.17) is 0 Å². The van der Waals surface area contributed by atoms with Gasteiger partial charge in [0.1, 0.15) is 0 Å². The Kier molecular flexibility index (Phi) is 6.42. The van der Waals surface area contributed by atoms with Crippen molar-refractivity contribution in [2.75, 3.05) is 0 Å². The van der Waals surface area contributed by atoms with Gasteiger partial charge in [-0.1, -0.05) is 48.9 Å². The summed E-state index contributed by atoms with van der Waals surface area (Å²) >= 11 is 0. The van der Waals surface area contributed by atoms with Gasteiger partial charge in [0.05, 0.1) is 0 Å². The number of phenolic OH excluding ortho intramolecular Hbond substituents is 2. The monoisotopic (exact) mass is 310 g/mol. The van der Waals surface area contributed by atoms with E-state index in [2.05, 4.69) is 12.1 Å². The van der Waals surface area contributed by atoms with Crippen LogP contribution in [0.2, 0.25) is 0 Å². The second kappa shape index (κ2) is 8.79. The molecule has 3 nitrogen and oxygen atoms in total. The Hall–Kier alpha value is -2.55. The van der Waals surface area contributed by atoms with Crippen molar-refractivity contribution < 1.29 is 15.0 Å². The molecule has 2 aromatic rings. The van der Waals surface area contributed by atoms with E-state index in [1.165, 1.54) is 23.8 Å². The van der Waals surface area contributed by atoms with Crippen molar-refractivity contribution in [3.05, 3.63) is 65.7 Å². The quantitative estimate of drug-likeness (QED) is 0.429. The Labute approximate surface area is 136 Å². The molecule has 0 aromatic heterocycles. The summed E-state index contributed by atoms with van der Waals surface area (Å²) in [6.07, 6.45) is 7.79. The fraction of sp³-hybridized carbons (Fsp3) is 0.250. The molecule has 0 aliphatic heterocycles. The summed E-state index contributed by atoms with van der Waals surface area (Å²) < 4.78 is 0. The van der Waals surface area contributed by atoms with E-state index in [1.807, 2.05) is 18.2 Å².